The van der Waals surface area contributed by atoms with Gasteiger partial charge in [0.25, 0.3) is 10.0 Å². The third kappa shape index (κ3) is 4.24. The van der Waals surface area contributed by atoms with E-state index in [1.807, 2.05) is 0 Å². The summed E-state index contributed by atoms with van der Waals surface area (Å²) in [5.41, 5.74) is 0. The average molecular weight is 394 g/mol. The SMILES string of the molecule is CN(CC(=O)N(Cc1ccco1)Cc1ccco1)S(=O)(=O)c1cccs1. The van der Waals surface area contributed by atoms with Crippen LogP contribution >= 0.6 is 11.3 Å². The van der Waals surface area contributed by atoms with Gasteiger partial charge >= 0.3 is 0 Å². The lowest BCUT2D eigenvalue weighted by molar-refractivity contribution is -0.133. The van der Waals surface area contributed by atoms with E-state index in [1.54, 1.807) is 35.7 Å². The first-order chi connectivity index (χ1) is 12.5. The molecule has 0 saturated carbocycles. The molecule has 0 aliphatic rings. The zero-order valence-electron chi connectivity index (χ0n) is 14.1. The Kier molecular flexibility index (Phi) is 5.60. The molecule has 1 amide bonds. The Hall–Kier alpha value is -2.36. The van der Waals surface area contributed by atoms with Crippen molar-refractivity contribution in [1.29, 1.82) is 0 Å². The standard InChI is InChI=1S/C17H18N2O5S2/c1-18(26(21,22)17-7-4-10-25-17)13-16(20)19(11-14-5-2-8-23-14)12-15-6-3-9-24-15/h2-10H,11-13H2,1H3. The highest BCUT2D eigenvalue weighted by atomic mass is 32.2. The van der Waals surface area contributed by atoms with Crippen LogP contribution in [0.3, 0.4) is 0 Å². The zero-order valence-corrected chi connectivity index (χ0v) is 15.7. The maximum Gasteiger partial charge on any atom is 0.252 e. The smallest absolute Gasteiger partial charge is 0.252 e. The molecule has 0 bridgehead atoms. The molecule has 0 aliphatic carbocycles. The van der Waals surface area contributed by atoms with Crippen LogP contribution in [0.4, 0.5) is 0 Å². The minimum atomic E-state index is -3.69. The van der Waals surface area contributed by atoms with E-state index < -0.39 is 10.0 Å². The summed E-state index contributed by atoms with van der Waals surface area (Å²) in [4.78, 5) is 14.3. The number of thiophene rings is 1. The van der Waals surface area contributed by atoms with Crippen molar-refractivity contribution >= 4 is 27.3 Å². The van der Waals surface area contributed by atoms with Crippen LogP contribution in [0, 0.1) is 0 Å². The summed E-state index contributed by atoms with van der Waals surface area (Å²) in [6.45, 7) is 0.167. The van der Waals surface area contributed by atoms with Crippen LogP contribution in [0.2, 0.25) is 0 Å². The number of rotatable bonds is 8. The topological polar surface area (TPSA) is 84.0 Å². The highest BCUT2D eigenvalue weighted by Crippen LogP contribution is 2.20. The number of nitrogens with zero attached hydrogens (tertiary/aromatic N) is 2. The molecule has 3 rings (SSSR count). The van der Waals surface area contributed by atoms with Crippen LogP contribution in [0.1, 0.15) is 11.5 Å². The van der Waals surface area contributed by atoms with Crippen LogP contribution in [-0.2, 0) is 27.9 Å². The molecule has 0 aromatic carbocycles. The molecule has 3 aromatic rings. The molecular weight excluding hydrogens is 376 g/mol. The van der Waals surface area contributed by atoms with E-state index >= 15 is 0 Å². The number of amides is 1. The van der Waals surface area contributed by atoms with E-state index in [0.29, 0.717) is 11.5 Å². The molecule has 138 valence electrons. The van der Waals surface area contributed by atoms with Gasteiger partial charge in [-0.2, -0.15) is 4.31 Å². The summed E-state index contributed by atoms with van der Waals surface area (Å²) in [6, 6.07) is 10.2. The summed E-state index contributed by atoms with van der Waals surface area (Å²) < 4.78 is 36.9. The van der Waals surface area contributed by atoms with Gasteiger partial charge in [-0.25, -0.2) is 8.42 Å². The van der Waals surface area contributed by atoms with Gasteiger partial charge in [-0.05, 0) is 35.7 Å². The van der Waals surface area contributed by atoms with Crippen molar-refractivity contribution in [3.63, 3.8) is 0 Å². The van der Waals surface area contributed by atoms with Gasteiger partial charge in [0.05, 0.1) is 32.2 Å². The van der Waals surface area contributed by atoms with Gasteiger partial charge in [0, 0.05) is 7.05 Å². The Bertz CT molecular complexity index is 880. The molecule has 0 aliphatic heterocycles. The van der Waals surface area contributed by atoms with Crippen LogP contribution in [0.15, 0.2) is 67.3 Å². The number of hydrogen-bond donors (Lipinski definition) is 0. The van der Waals surface area contributed by atoms with Gasteiger partial charge in [-0.1, -0.05) is 6.07 Å². The molecule has 3 heterocycles. The van der Waals surface area contributed by atoms with Crippen molar-refractivity contribution in [2.75, 3.05) is 13.6 Å². The van der Waals surface area contributed by atoms with Crippen LogP contribution in [0.5, 0.6) is 0 Å². The van der Waals surface area contributed by atoms with Gasteiger partial charge in [-0.3, -0.25) is 4.79 Å². The fraction of sp³-hybridized carbons (Fsp3) is 0.235. The average Bonchev–Trinajstić information content (AvgIpc) is 3.37. The summed E-state index contributed by atoms with van der Waals surface area (Å²) in [5.74, 6) is 0.864. The second-order valence-electron chi connectivity index (χ2n) is 5.60. The van der Waals surface area contributed by atoms with E-state index in [4.69, 9.17) is 8.83 Å². The number of furan rings is 2. The number of carbonyl (C=O) groups is 1. The van der Waals surface area contributed by atoms with Crippen LogP contribution < -0.4 is 0 Å². The maximum absolute atomic E-state index is 12.8. The van der Waals surface area contributed by atoms with Crippen molar-refractivity contribution in [2.45, 2.75) is 17.3 Å². The second kappa shape index (κ2) is 7.90. The fourth-order valence-electron chi connectivity index (χ4n) is 2.35. The molecule has 26 heavy (non-hydrogen) atoms. The van der Waals surface area contributed by atoms with Gasteiger partial charge < -0.3 is 13.7 Å². The molecule has 7 nitrogen and oxygen atoms in total. The van der Waals surface area contributed by atoms with E-state index in [2.05, 4.69) is 0 Å². The Morgan fingerprint density at radius 1 is 1.04 bits per heavy atom. The normalized spacial score (nSPS) is 11.8. The van der Waals surface area contributed by atoms with E-state index in [9.17, 15) is 13.2 Å². The molecule has 0 atom stereocenters. The first kappa shape index (κ1) is 18.4. The molecule has 0 spiro atoms. The Morgan fingerprint density at radius 3 is 2.12 bits per heavy atom. The highest BCUT2D eigenvalue weighted by molar-refractivity contribution is 7.91. The first-order valence-electron chi connectivity index (χ1n) is 7.79. The van der Waals surface area contributed by atoms with E-state index in [0.717, 1.165) is 15.6 Å². The van der Waals surface area contributed by atoms with Crippen LogP contribution in [0.25, 0.3) is 0 Å². The molecule has 9 heteroatoms. The minimum Gasteiger partial charge on any atom is -0.467 e. The molecular formula is C17H18N2O5S2. The largest absolute Gasteiger partial charge is 0.467 e. The Labute approximate surface area is 155 Å². The molecule has 0 N–H and O–H groups in total. The van der Waals surface area contributed by atoms with Gasteiger partial charge in [0.15, 0.2) is 0 Å². The number of sulfonamides is 1. The molecule has 0 saturated heterocycles. The lowest BCUT2D eigenvalue weighted by Gasteiger charge is -2.23. The van der Waals surface area contributed by atoms with Gasteiger partial charge in [0.1, 0.15) is 15.7 Å². The van der Waals surface area contributed by atoms with Crippen molar-refractivity contribution in [3.05, 3.63) is 65.8 Å². The first-order valence-corrected chi connectivity index (χ1v) is 10.1. The lowest BCUT2D eigenvalue weighted by atomic mass is 10.3. The third-order valence-corrected chi connectivity index (χ3v) is 6.90. The Morgan fingerprint density at radius 2 is 1.65 bits per heavy atom. The molecule has 0 fully saturated rings. The molecule has 3 aromatic heterocycles. The predicted octanol–water partition coefficient (Wildman–Crippen LogP) is 2.78. The fourth-order valence-corrected chi connectivity index (χ4v) is 4.67. The van der Waals surface area contributed by atoms with Crippen molar-refractivity contribution in [3.8, 4) is 0 Å². The van der Waals surface area contributed by atoms with E-state index in [-0.39, 0.29) is 29.8 Å². The van der Waals surface area contributed by atoms with Crippen molar-refractivity contribution < 1.29 is 22.0 Å². The Balaban J connectivity index is 1.74. The van der Waals surface area contributed by atoms with E-state index in [1.165, 1.54) is 30.5 Å². The van der Waals surface area contributed by atoms with Crippen LogP contribution in [-0.4, -0.2) is 37.1 Å². The summed E-state index contributed by atoms with van der Waals surface area (Å²) in [7, 11) is -2.30. The molecule has 0 unspecified atom stereocenters. The second-order valence-corrected chi connectivity index (χ2v) is 8.82. The highest BCUT2D eigenvalue weighted by Gasteiger charge is 2.26. The quantitative estimate of drug-likeness (QED) is 0.587. The van der Waals surface area contributed by atoms with Gasteiger partial charge in [-0.15, -0.1) is 11.3 Å². The zero-order chi connectivity index (χ0) is 18.6. The maximum atomic E-state index is 12.8. The number of likely N-dealkylation sites (N-methyl/N-ethyl adjacent to an activating group) is 1. The lowest BCUT2D eigenvalue weighted by Crippen LogP contribution is -2.40. The number of hydrogen-bond acceptors (Lipinski definition) is 6. The van der Waals surface area contributed by atoms with Crippen molar-refractivity contribution in [2.24, 2.45) is 0 Å². The summed E-state index contributed by atoms with van der Waals surface area (Å²) in [6.07, 6.45) is 3.05. The summed E-state index contributed by atoms with van der Waals surface area (Å²) >= 11 is 1.12. The summed E-state index contributed by atoms with van der Waals surface area (Å²) in [5, 5.41) is 1.68. The van der Waals surface area contributed by atoms with Gasteiger partial charge in [0.2, 0.25) is 5.91 Å². The minimum absolute atomic E-state index is 0.205. The predicted molar refractivity (Wildman–Crippen MR) is 95.8 cm³/mol. The molecule has 0 radical (unpaired) electrons. The number of carbonyl (C=O) groups excluding carboxylic acids is 1. The monoisotopic (exact) mass is 394 g/mol. The van der Waals surface area contributed by atoms with Crippen molar-refractivity contribution in [1.82, 2.24) is 9.21 Å². The third-order valence-electron chi connectivity index (χ3n) is 3.72.